The van der Waals surface area contributed by atoms with Crippen molar-refractivity contribution in [1.29, 1.82) is 0 Å². The highest BCUT2D eigenvalue weighted by Gasteiger charge is 2.27. The van der Waals surface area contributed by atoms with Gasteiger partial charge in [-0.1, -0.05) is 18.2 Å². The van der Waals surface area contributed by atoms with Crippen molar-refractivity contribution in [1.82, 2.24) is 25.1 Å². The van der Waals surface area contributed by atoms with Crippen molar-refractivity contribution in [3.8, 4) is 0 Å². The molecule has 4 rings (SSSR count). The number of carbonyl (C=O) groups is 1. The van der Waals surface area contributed by atoms with Gasteiger partial charge in [0.15, 0.2) is 0 Å². The number of aromatic nitrogens is 4. The van der Waals surface area contributed by atoms with Gasteiger partial charge in [0.1, 0.15) is 5.69 Å². The van der Waals surface area contributed by atoms with Crippen molar-refractivity contribution < 1.29 is 4.79 Å². The van der Waals surface area contributed by atoms with Crippen LogP contribution in [-0.4, -0.2) is 57.2 Å². The fraction of sp³-hybridized carbons (Fsp3) is 0.300. The maximum atomic E-state index is 12.9. The van der Waals surface area contributed by atoms with Crippen LogP contribution in [-0.2, 0) is 6.42 Å². The highest BCUT2D eigenvalue weighted by Crippen LogP contribution is 2.21. The summed E-state index contributed by atoms with van der Waals surface area (Å²) in [5.41, 5.74) is 2.66. The predicted molar refractivity (Wildman–Crippen MR) is 102 cm³/mol. The van der Waals surface area contributed by atoms with E-state index in [1.807, 2.05) is 23.1 Å². The summed E-state index contributed by atoms with van der Waals surface area (Å²) in [4.78, 5) is 25.7. The summed E-state index contributed by atoms with van der Waals surface area (Å²) in [6.07, 6.45) is 7.59. The second kappa shape index (κ2) is 7.99. The van der Waals surface area contributed by atoms with Crippen LogP contribution in [0.1, 0.15) is 16.2 Å². The molecule has 7 nitrogen and oxygen atoms in total. The fourth-order valence-corrected chi connectivity index (χ4v) is 3.57. The average molecular weight is 362 g/mol. The second-order valence-corrected chi connectivity index (χ2v) is 6.77. The lowest BCUT2D eigenvalue weighted by Crippen LogP contribution is -2.36. The van der Waals surface area contributed by atoms with E-state index in [4.69, 9.17) is 0 Å². The van der Waals surface area contributed by atoms with Gasteiger partial charge in [0.05, 0.1) is 5.69 Å². The molecule has 2 aromatic heterocycles. The van der Waals surface area contributed by atoms with Crippen LogP contribution < -0.4 is 4.90 Å². The van der Waals surface area contributed by atoms with Gasteiger partial charge in [0.25, 0.3) is 5.91 Å². The molecule has 0 radical (unpaired) electrons. The lowest BCUT2D eigenvalue weighted by Gasteiger charge is -2.25. The molecule has 1 aliphatic rings. The van der Waals surface area contributed by atoms with E-state index in [1.54, 1.807) is 30.9 Å². The molecule has 1 fully saturated rings. The number of rotatable bonds is 4. The average Bonchev–Trinajstić information content (AvgIpc) is 3.17. The van der Waals surface area contributed by atoms with Gasteiger partial charge in [-0.05, 0) is 30.5 Å². The van der Waals surface area contributed by atoms with Crippen molar-refractivity contribution in [3.05, 3.63) is 72.6 Å². The van der Waals surface area contributed by atoms with Crippen LogP contribution >= 0.6 is 0 Å². The molecule has 1 aliphatic heterocycles. The SMILES string of the molecule is O=C(c1ccn[nH]1)N1CCN(c2ccccc2)CC(Cc2cnccn2)C1. The lowest BCUT2D eigenvalue weighted by molar-refractivity contribution is 0.0741. The molecule has 3 aromatic rings. The van der Waals surface area contributed by atoms with Gasteiger partial charge in [0, 0.05) is 56.7 Å². The predicted octanol–water partition coefficient (Wildman–Crippen LogP) is 2.02. The first-order valence-corrected chi connectivity index (χ1v) is 9.13. The van der Waals surface area contributed by atoms with E-state index >= 15 is 0 Å². The van der Waals surface area contributed by atoms with E-state index < -0.39 is 0 Å². The Morgan fingerprint density at radius 2 is 1.96 bits per heavy atom. The van der Waals surface area contributed by atoms with E-state index in [0.717, 1.165) is 25.2 Å². The summed E-state index contributed by atoms with van der Waals surface area (Å²) in [5, 5.41) is 6.69. The first-order chi connectivity index (χ1) is 13.3. The van der Waals surface area contributed by atoms with Gasteiger partial charge >= 0.3 is 0 Å². The van der Waals surface area contributed by atoms with Crippen molar-refractivity contribution in [2.45, 2.75) is 6.42 Å². The molecule has 1 atom stereocenters. The molecule has 0 saturated carbocycles. The van der Waals surface area contributed by atoms with E-state index in [0.29, 0.717) is 18.8 Å². The Hall–Kier alpha value is -3.22. The largest absolute Gasteiger partial charge is 0.369 e. The molecule has 27 heavy (non-hydrogen) atoms. The summed E-state index contributed by atoms with van der Waals surface area (Å²) in [6, 6.07) is 12.1. The highest BCUT2D eigenvalue weighted by molar-refractivity contribution is 5.92. The number of hydrogen-bond acceptors (Lipinski definition) is 5. The number of carbonyl (C=O) groups excluding carboxylic acids is 1. The molecule has 1 aromatic carbocycles. The van der Waals surface area contributed by atoms with Crippen LogP contribution in [0.5, 0.6) is 0 Å². The third kappa shape index (κ3) is 4.13. The summed E-state index contributed by atoms with van der Waals surface area (Å²) >= 11 is 0. The van der Waals surface area contributed by atoms with Crippen LogP contribution in [0.25, 0.3) is 0 Å². The summed E-state index contributed by atoms with van der Waals surface area (Å²) < 4.78 is 0. The number of nitrogens with zero attached hydrogens (tertiary/aromatic N) is 5. The number of hydrogen-bond donors (Lipinski definition) is 1. The van der Waals surface area contributed by atoms with Gasteiger partial charge in [-0.15, -0.1) is 0 Å². The Kier molecular flexibility index (Phi) is 5.09. The molecule has 1 N–H and O–H groups in total. The first kappa shape index (κ1) is 17.2. The molecule has 1 saturated heterocycles. The normalized spacial score (nSPS) is 17.6. The zero-order valence-corrected chi connectivity index (χ0v) is 15.0. The maximum absolute atomic E-state index is 12.9. The molecule has 0 spiro atoms. The lowest BCUT2D eigenvalue weighted by atomic mass is 10.0. The van der Waals surface area contributed by atoms with E-state index in [-0.39, 0.29) is 11.8 Å². The van der Waals surface area contributed by atoms with E-state index in [9.17, 15) is 4.79 Å². The molecular formula is C20H22N6O. The minimum absolute atomic E-state index is 0.00782. The quantitative estimate of drug-likeness (QED) is 0.768. The monoisotopic (exact) mass is 362 g/mol. The zero-order chi connectivity index (χ0) is 18.5. The van der Waals surface area contributed by atoms with Crippen molar-refractivity contribution in [2.24, 2.45) is 5.92 Å². The molecular weight excluding hydrogens is 340 g/mol. The number of nitrogens with one attached hydrogen (secondary N) is 1. The molecule has 1 unspecified atom stereocenters. The van der Waals surface area contributed by atoms with Crippen LogP contribution in [0.3, 0.4) is 0 Å². The molecule has 138 valence electrons. The van der Waals surface area contributed by atoms with Crippen LogP contribution in [0.15, 0.2) is 61.2 Å². The number of amides is 1. The van der Waals surface area contributed by atoms with Crippen LogP contribution in [0.2, 0.25) is 0 Å². The molecule has 7 heteroatoms. The maximum Gasteiger partial charge on any atom is 0.271 e. The first-order valence-electron chi connectivity index (χ1n) is 9.13. The third-order valence-electron chi connectivity index (χ3n) is 4.85. The Balaban J connectivity index is 1.56. The Bertz CT molecular complexity index is 853. The van der Waals surface area contributed by atoms with E-state index in [2.05, 4.69) is 37.2 Å². The molecule has 1 amide bonds. The van der Waals surface area contributed by atoms with Crippen LogP contribution in [0.4, 0.5) is 5.69 Å². The summed E-state index contributed by atoms with van der Waals surface area (Å²) in [7, 11) is 0. The smallest absolute Gasteiger partial charge is 0.271 e. The van der Waals surface area contributed by atoms with Gasteiger partial charge in [-0.3, -0.25) is 19.9 Å². The molecule has 0 bridgehead atoms. The number of H-pyrrole nitrogens is 1. The van der Waals surface area contributed by atoms with Gasteiger partial charge < -0.3 is 9.80 Å². The molecule has 3 heterocycles. The summed E-state index contributed by atoms with van der Waals surface area (Å²) in [5.74, 6) is 0.253. The highest BCUT2D eigenvalue weighted by atomic mass is 16.2. The summed E-state index contributed by atoms with van der Waals surface area (Å²) in [6.45, 7) is 3.01. The van der Waals surface area contributed by atoms with Crippen molar-refractivity contribution in [2.75, 3.05) is 31.1 Å². The Morgan fingerprint density at radius 3 is 2.70 bits per heavy atom. The number of aromatic amines is 1. The number of benzene rings is 1. The Labute approximate surface area is 158 Å². The second-order valence-electron chi connectivity index (χ2n) is 6.77. The third-order valence-corrected chi connectivity index (χ3v) is 4.85. The van der Waals surface area contributed by atoms with E-state index in [1.165, 1.54) is 5.69 Å². The number of anilines is 1. The Morgan fingerprint density at radius 1 is 1.07 bits per heavy atom. The van der Waals surface area contributed by atoms with Crippen molar-refractivity contribution >= 4 is 11.6 Å². The van der Waals surface area contributed by atoms with Gasteiger partial charge in [-0.2, -0.15) is 5.10 Å². The topological polar surface area (TPSA) is 78.0 Å². The van der Waals surface area contributed by atoms with Crippen molar-refractivity contribution in [3.63, 3.8) is 0 Å². The minimum atomic E-state index is -0.00782. The zero-order valence-electron chi connectivity index (χ0n) is 15.0. The van der Waals surface area contributed by atoms with Gasteiger partial charge in [0.2, 0.25) is 0 Å². The van der Waals surface area contributed by atoms with Crippen LogP contribution in [0, 0.1) is 5.92 Å². The molecule has 0 aliphatic carbocycles. The number of para-hydroxylation sites is 1. The standard InChI is InChI=1S/C20H22N6O/c27-20(19-6-7-23-24-19)26-11-10-25(18-4-2-1-3-5-18)14-16(15-26)12-17-13-21-8-9-22-17/h1-9,13,16H,10-12,14-15H2,(H,23,24). The van der Waals surface area contributed by atoms with Gasteiger partial charge in [-0.25, -0.2) is 0 Å². The minimum Gasteiger partial charge on any atom is -0.369 e. The fourth-order valence-electron chi connectivity index (χ4n) is 3.57.